The molecule has 16 heavy (non-hydrogen) atoms. The van der Waals surface area contributed by atoms with Gasteiger partial charge >= 0.3 is 0 Å². The fourth-order valence-electron chi connectivity index (χ4n) is 2.37. The van der Waals surface area contributed by atoms with Gasteiger partial charge in [0.15, 0.2) is 0 Å². The number of hydrogen-bond donors (Lipinski definition) is 1. The van der Waals surface area contributed by atoms with E-state index in [0.717, 1.165) is 29.6 Å². The van der Waals surface area contributed by atoms with Crippen LogP contribution in [0.4, 0.5) is 0 Å². The van der Waals surface area contributed by atoms with E-state index in [1.807, 2.05) is 6.07 Å². The minimum Gasteiger partial charge on any atom is -0.466 e. The van der Waals surface area contributed by atoms with Gasteiger partial charge in [-0.05, 0) is 47.8 Å². The molecule has 2 rings (SSSR count). The van der Waals surface area contributed by atoms with E-state index in [1.54, 1.807) is 13.4 Å². The summed E-state index contributed by atoms with van der Waals surface area (Å²) in [6.07, 6.45) is 5.13. The number of likely N-dealkylation sites (N-methyl/N-ethyl adjacent to an activating group) is 1. The van der Waals surface area contributed by atoms with Crippen LogP contribution < -0.4 is 5.32 Å². The third-order valence-electron chi connectivity index (χ3n) is 3.45. The molecule has 1 aliphatic rings. The molecule has 0 spiro atoms. The van der Waals surface area contributed by atoms with Crippen LogP contribution in [-0.2, 0) is 4.74 Å². The lowest BCUT2D eigenvalue weighted by Crippen LogP contribution is -2.50. The summed E-state index contributed by atoms with van der Waals surface area (Å²) < 4.78 is 12.3. The summed E-state index contributed by atoms with van der Waals surface area (Å²) in [5.74, 6) is 0.948. The van der Waals surface area contributed by atoms with E-state index >= 15 is 0 Å². The molecule has 0 saturated heterocycles. The average molecular weight is 288 g/mol. The Morgan fingerprint density at radius 2 is 2.38 bits per heavy atom. The molecule has 1 N–H and O–H groups in total. The average Bonchev–Trinajstić information content (AvgIpc) is 2.62. The lowest BCUT2D eigenvalue weighted by Gasteiger charge is -2.46. The second kappa shape index (κ2) is 4.90. The highest BCUT2D eigenvalue weighted by Crippen LogP contribution is 2.46. The van der Waals surface area contributed by atoms with Crippen molar-refractivity contribution >= 4 is 15.9 Å². The second-order valence-electron chi connectivity index (χ2n) is 4.25. The SMILES string of the molecule is CCNC(c1occc1Br)C1(OC)CCC1. The van der Waals surface area contributed by atoms with Crippen molar-refractivity contribution in [1.29, 1.82) is 0 Å². The first kappa shape index (κ1) is 12.1. The predicted octanol–water partition coefficient (Wildman–Crippen LogP) is 3.26. The van der Waals surface area contributed by atoms with E-state index in [4.69, 9.17) is 9.15 Å². The Morgan fingerprint density at radius 3 is 2.75 bits per heavy atom. The highest BCUT2D eigenvalue weighted by molar-refractivity contribution is 9.10. The van der Waals surface area contributed by atoms with Gasteiger partial charge in [-0.1, -0.05) is 6.92 Å². The van der Waals surface area contributed by atoms with Crippen LogP contribution in [0.25, 0.3) is 0 Å². The van der Waals surface area contributed by atoms with Gasteiger partial charge < -0.3 is 14.5 Å². The van der Waals surface area contributed by atoms with Crippen molar-refractivity contribution in [3.05, 3.63) is 22.6 Å². The Labute approximate surface area is 105 Å². The van der Waals surface area contributed by atoms with Gasteiger partial charge in [-0.2, -0.15) is 0 Å². The van der Waals surface area contributed by atoms with Gasteiger partial charge in [0, 0.05) is 7.11 Å². The van der Waals surface area contributed by atoms with Crippen LogP contribution in [0.5, 0.6) is 0 Å². The molecule has 1 atom stereocenters. The molecule has 90 valence electrons. The van der Waals surface area contributed by atoms with E-state index in [0.29, 0.717) is 0 Å². The zero-order chi connectivity index (χ0) is 11.6. The number of rotatable bonds is 5. The van der Waals surface area contributed by atoms with Crippen molar-refractivity contribution < 1.29 is 9.15 Å². The molecule has 1 unspecified atom stereocenters. The quantitative estimate of drug-likeness (QED) is 0.903. The van der Waals surface area contributed by atoms with Crippen molar-refractivity contribution in [2.75, 3.05) is 13.7 Å². The first-order valence-corrected chi connectivity index (χ1v) is 6.54. The maximum Gasteiger partial charge on any atom is 0.137 e. The van der Waals surface area contributed by atoms with Crippen LogP contribution >= 0.6 is 15.9 Å². The largest absolute Gasteiger partial charge is 0.466 e. The minimum atomic E-state index is -0.0869. The van der Waals surface area contributed by atoms with Gasteiger partial charge in [-0.3, -0.25) is 0 Å². The number of halogens is 1. The summed E-state index contributed by atoms with van der Waals surface area (Å²) in [6, 6.07) is 2.07. The van der Waals surface area contributed by atoms with Crippen molar-refractivity contribution in [2.45, 2.75) is 37.8 Å². The molecule has 4 heteroatoms. The summed E-state index contributed by atoms with van der Waals surface area (Å²) in [4.78, 5) is 0. The van der Waals surface area contributed by atoms with E-state index in [9.17, 15) is 0 Å². The van der Waals surface area contributed by atoms with Gasteiger partial charge in [-0.25, -0.2) is 0 Å². The molecular formula is C12H18BrNO2. The minimum absolute atomic E-state index is 0.0869. The van der Waals surface area contributed by atoms with E-state index in [-0.39, 0.29) is 11.6 Å². The molecule has 3 nitrogen and oxygen atoms in total. The van der Waals surface area contributed by atoms with Crippen LogP contribution in [0.15, 0.2) is 21.2 Å². The number of hydrogen-bond acceptors (Lipinski definition) is 3. The summed E-state index contributed by atoms with van der Waals surface area (Å²) in [6.45, 7) is 3.01. The number of ether oxygens (including phenoxy) is 1. The second-order valence-corrected chi connectivity index (χ2v) is 5.10. The molecular weight excluding hydrogens is 270 g/mol. The lowest BCUT2D eigenvalue weighted by molar-refractivity contribution is -0.104. The van der Waals surface area contributed by atoms with E-state index < -0.39 is 0 Å². The molecule has 0 amide bonds. The fraction of sp³-hybridized carbons (Fsp3) is 0.667. The Hall–Kier alpha value is -0.320. The van der Waals surface area contributed by atoms with Crippen molar-refractivity contribution in [2.24, 2.45) is 0 Å². The molecule has 1 aliphatic carbocycles. The third-order valence-corrected chi connectivity index (χ3v) is 4.10. The highest BCUT2D eigenvalue weighted by atomic mass is 79.9. The molecule has 0 radical (unpaired) electrons. The van der Waals surface area contributed by atoms with Crippen LogP contribution in [-0.4, -0.2) is 19.3 Å². The van der Waals surface area contributed by atoms with E-state index in [2.05, 4.69) is 28.2 Å². The Kier molecular flexibility index (Phi) is 3.72. The summed E-state index contributed by atoms with van der Waals surface area (Å²) in [5.41, 5.74) is -0.0869. The van der Waals surface area contributed by atoms with E-state index in [1.165, 1.54) is 6.42 Å². The maximum atomic E-state index is 5.72. The molecule has 0 aliphatic heterocycles. The van der Waals surface area contributed by atoms with Crippen LogP contribution in [0.2, 0.25) is 0 Å². The zero-order valence-corrected chi connectivity index (χ0v) is 11.3. The Bertz CT molecular complexity index is 341. The molecule has 0 aromatic carbocycles. The zero-order valence-electron chi connectivity index (χ0n) is 9.75. The van der Waals surface area contributed by atoms with Crippen LogP contribution in [0.3, 0.4) is 0 Å². The van der Waals surface area contributed by atoms with Crippen molar-refractivity contribution in [3.8, 4) is 0 Å². The maximum absolute atomic E-state index is 5.72. The Balaban J connectivity index is 2.26. The molecule has 1 saturated carbocycles. The molecule has 1 heterocycles. The summed E-state index contributed by atoms with van der Waals surface area (Å²) in [5, 5.41) is 3.47. The number of nitrogens with one attached hydrogen (secondary N) is 1. The third kappa shape index (κ3) is 1.94. The normalized spacial score (nSPS) is 20.4. The summed E-state index contributed by atoms with van der Waals surface area (Å²) in [7, 11) is 1.79. The number of methoxy groups -OCH3 is 1. The van der Waals surface area contributed by atoms with Gasteiger partial charge in [-0.15, -0.1) is 0 Å². The van der Waals surface area contributed by atoms with Gasteiger partial charge in [0.05, 0.1) is 22.4 Å². The first-order chi connectivity index (χ1) is 7.73. The standard InChI is InChI=1S/C12H18BrNO2/c1-3-14-11(10-9(13)5-8-16-10)12(15-2)6-4-7-12/h5,8,11,14H,3-4,6-7H2,1-2H3. The molecule has 1 aromatic heterocycles. The van der Waals surface area contributed by atoms with Crippen LogP contribution in [0.1, 0.15) is 38.0 Å². The van der Waals surface area contributed by atoms with Crippen molar-refractivity contribution in [3.63, 3.8) is 0 Å². The van der Waals surface area contributed by atoms with Gasteiger partial charge in [0.1, 0.15) is 5.76 Å². The fourth-order valence-corrected chi connectivity index (χ4v) is 2.80. The highest BCUT2D eigenvalue weighted by Gasteiger charge is 2.46. The summed E-state index contributed by atoms with van der Waals surface area (Å²) >= 11 is 3.52. The lowest BCUT2D eigenvalue weighted by atomic mass is 9.73. The smallest absolute Gasteiger partial charge is 0.137 e. The van der Waals surface area contributed by atoms with Crippen molar-refractivity contribution in [1.82, 2.24) is 5.32 Å². The van der Waals surface area contributed by atoms with Crippen LogP contribution in [0, 0.1) is 0 Å². The topological polar surface area (TPSA) is 34.4 Å². The predicted molar refractivity (Wildman–Crippen MR) is 66.4 cm³/mol. The number of furan rings is 1. The first-order valence-electron chi connectivity index (χ1n) is 5.75. The molecule has 1 fully saturated rings. The monoisotopic (exact) mass is 287 g/mol. The Morgan fingerprint density at radius 1 is 1.62 bits per heavy atom. The van der Waals surface area contributed by atoms with Gasteiger partial charge in [0.2, 0.25) is 0 Å². The molecule has 1 aromatic rings. The van der Waals surface area contributed by atoms with Gasteiger partial charge in [0.25, 0.3) is 0 Å². The molecule has 0 bridgehead atoms.